The van der Waals surface area contributed by atoms with Crippen LogP contribution in [0.2, 0.25) is 0 Å². The maximum Gasteiger partial charge on any atom is 0.195 e. The Morgan fingerprint density at radius 3 is 2.94 bits per heavy atom. The third-order valence-corrected chi connectivity index (χ3v) is 4.26. The largest absolute Gasteiger partial charge is 0.313 e. The number of aromatic nitrogens is 3. The monoisotopic (exact) mass is 264 g/mol. The van der Waals surface area contributed by atoms with Crippen LogP contribution in [0.15, 0.2) is 29.6 Å². The van der Waals surface area contributed by atoms with E-state index in [0.717, 1.165) is 23.8 Å². The molecule has 2 aromatic rings. The maximum absolute atomic E-state index is 4.25. The van der Waals surface area contributed by atoms with E-state index in [0.29, 0.717) is 11.3 Å². The van der Waals surface area contributed by atoms with Gasteiger partial charge in [-0.05, 0) is 32.0 Å². The number of fused-ring (bicyclic) bond motifs is 1. The van der Waals surface area contributed by atoms with Crippen molar-refractivity contribution in [1.29, 1.82) is 0 Å². The van der Waals surface area contributed by atoms with E-state index in [1.807, 2.05) is 28.8 Å². The highest BCUT2D eigenvalue weighted by Crippen LogP contribution is 2.23. The number of pyridine rings is 1. The SMILES string of the molecule is CCCNC(C)C(C)Sc1nnc2ccccn12. The molecule has 0 saturated carbocycles. The number of hydrogen-bond acceptors (Lipinski definition) is 4. The molecule has 0 aliphatic carbocycles. The first-order valence-corrected chi connectivity index (χ1v) is 7.30. The topological polar surface area (TPSA) is 42.2 Å². The number of thioether (sulfide) groups is 1. The van der Waals surface area contributed by atoms with Gasteiger partial charge >= 0.3 is 0 Å². The molecule has 18 heavy (non-hydrogen) atoms. The highest BCUT2D eigenvalue weighted by molar-refractivity contribution is 7.99. The van der Waals surface area contributed by atoms with Crippen LogP contribution in [0.4, 0.5) is 0 Å². The lowest BCUT2D eigenvalue weighted by Gasteiger charge is -2.19. The van der Waals surface area contributed by atoms with E-state index in [1.165, 1.54) is 0 Å². The Labute approximate surface area is 112 Å². The molecule has 2 unspecified atom stereocenters. The van der Waals surface area contributed by atoms with Crippen LogP contribution < -0.4 is 5.32 Å². The summed E-state index contributed by atoms with van der Waals surface area (Å²) in [5.74, 6) is 0. The quantitative estimate of drug-likeness (QED) is 0.814. The third-order valence-electron chi connectivity index (χ3n) is 2.99. The van der Waals surface area contributed by atoms with E-state index in [2.05, 4.69) is 36.3 Å². The molecule has 0 radical (unpaired) electrons. The minimum absolute atomic E-state index is 0.462. The van der Waals surface area contributed by atoms with Gasteiger partial charge in [0.05, 0.1) is 0 Å². The van der Waals surface area contributed by atoms with Crippen LogP contribution in [0.3, 0.4) is 0 Å². The predicted octanol–water partition coefficient (Wildman–Crippen LogP) is 2.60. The second kappa shape index (κ2) is 6.20. The van der Waals surface area contributed by atoms with Gasteiger partial charge in [-0.1, -0.05) is 31.7 Å². The minimum atomic E-state index is 0.462. The normalized spacial score (nSPS) is 14.8. The first-order chi connectivity index (χ1) is 8.72. The van der Waals surface area contributed by atoms with E-state index in [9.17, 15) is 0 Å². The van der Waals surface area contributed by atoms with Gasteiger partial charge in [0.15, 0.2) is 10.8 Å². The first-order valence-electron chi connectivity index (χ1n) is 6.42. The van der Waals surface area contributed by atoms with E-state index >= 15 is 0 Å². The van der Waals surface area contributed by atoms with Crippen LogP contribution in [0, 0.1) is 0 Å². The lowest BCUT2D eigenvalue weighted by molar-refractivity contribution is 0.541. The van der Waals surface area contributed by atoms with E-state index in [-0.39, 0.29) is 0 Å². The Kier molecular flexibility index (Phi) is 4.60. The van der Waals surface area contributed by atoms with Gasteiger partial charge in [0.1, 0.15) is 0 Å². The fourth-order valence-electron chi connectivity index (χ4n) is 1.71. The lowest BCUT2D eigenvalue weighted by atomic mass is 10.2. The summed E-state index contributed by atoms with van der Waals surface area (Å²) in [6.07, 6.45) is 3.17. The van der Waals surface area contributed by atoms with Crippen LogP contribution in [0.1, 0.15) is 27.2 Å². The summed E-state index contributed by atoms with van der Waals surface area (Å²) in [7, 11) is 0. The van der Waals surface area contributed by atoms with Crippen molar-refractivity contribution in [2.75, 3.05) is 6.54 Å². The summed E-state index contributed by atoms with van der Waals surface area (Å²) in [5, 5.41) is 13.3. The van der Waals surface area contributed by atoms with Crippen LogP contribution in [0.25, 0.3) is 5.65 Å². The zero-order valence-corrected chi connectivity index (χ0v) is 11.9. The molecule has 0 aliphatic heterocycles. The molecule has 4 nitrogen and oxygen atoms in total. The summed E-state index contributed by atoms with van der Waals surface area (Å²) in [5.41, 5.74) is 0.904. The Balaban J connectivity index is 2.04. The molecule has 2 aromatic heterocycles. The van der Waals surface area contributed by atoms with Gasteiger partial charge in [0, 0.05) is 17.5 Å². The van der Waals surface area contributed by atoms with Crippen molar-refractivity contribution in [3.8, 4) is 0 Å². The Morgan fingerprint density at radius 1 is 1.33 bits per heavy atom. The zero-order chi connectivity index (χ0) is 13.0. The van der Waals surface area contributed by atoms with Crippen molar-refractivity contribution in [3.63, 3.8) is 0 Å². The number of hydrogen-bond donors (Lipinski definition) is 1. The number of rotatable bonds is 6. The summed E-state index contributed by atoms with van der Waals surface area (Å²) >= 11 is 1.77. The van der Waals surface area contributed by atoms with E-state index in [1.54, 1.807) is 11.8 Å². The molecule has 0 fully saturated rings. The molecule has 0 aliphatic rings. The van der Waals surface area contributed by atoms with Crippen LogP contribution in [-0.2, 0) is 0 Å². The van der Waals surface area contributed by atoms with Gasteiger partial charge in [-0.3, -0.25) is 4.40 Å². The van der Waals surface area contributed by atoms with Crippen LogP contribution >= 0.6 is 11.8 Å². The van der Waals surface area contributed by atoms with Crippen molar-refractivity contribution in [1.82, 2.24) is 19.9 Å². The molecule has 0 bridgehead atoms. The highest BCUT2D eigenvalue weighted by Gasteiger charge is 2.16. The first kappa shape index (κ1) is 13.4. The summed E-state index contributed by atoms with van der Waals surface area (Å²) < 4.78 is 2.04. The van der Waals surface area contributed by atoms with Gasteiger partial charge in [-0.25, -0.2) is 0 Å². The smallest absolute Gasteiger partial charge is 0.195 e. The average Bonchev–Trinajstić information content (AvgIpc) is 2.79. The zero-order valence-electron chi connectivity index (χ0n) is 11.1. The van der Waals surface area contributed by atoms with Gasteiger partial charge in [-0.2, -0.15) is 0 Å². The van der Waals surface area contributed by atoms with Gasteiger partial charge in [-0.15, -0.1) is 10.2 Å². The third kappa shape index (κ3) is 3.03. The summed E-state index contributed by atoms with van der Waals surface area (Å²) in [6.45, 7) is 7.69. The molecular weight excluding hydrogens is 244 g/mol. The number of nitrogens with one attached hydrogen (secondary N) is 1. The molecule has 98 valence electrons. The van der Waals surface area contributed by atoms with Crippen molar-refractivity contribution in [3.05, 3.63) is 24.4 Å². The Bertz CT molecular complexity index is 496. The van der Waals surface area contributed by atoms with Crippen molar-refractivity contribution >= 4 is 17.4 Å². The predicted molar refractivity (Wildman–Crippen MR) is 76.1 cm³/mol. The molecular formula is C13H20N4S. The Hall–Kier alpha value is -1.07. The van der Waals surface area contributed by atoms with Gasteiger partial charge in [0.25, 0.3) is 0 Å². The molecule has 2 atom stereocenters. The molecule has 1 N–H and O–H groups in total. The maximum atomic E-state index is 4.25. The molecule has 5 heteroatoms. The molecule has 0 amide bonds. The second-order valence-corrected chi connectivity index (χ2v) is 5.82. The summed E-state index contributed by atoms with van der Waals surface area (Å²) in [4.78, 5) is 0. The molecule has 0 saturated heterocycles. The Morgan fingerprint density at radius 2 is 2.17 bits per heavy atom. The average molecular weight is 264 g/mol. The van der Waals surface area contributed by atoms with Crippen LogP contribution in [0.5, 0.6) is 0 Å². The second-order valence-electron chi connectivity index (χ2n) is 4.48. The van der Waals surface area contributed by atoms with Crippen molar-refractivity contribution in [2.45, 2.75) is 43.6 Å². The van der Waals surface area contributed by atoms with Gasteiger partial charge < -0.3 is 5.32 Å². The lowest BCUT2D eigenvalue weighted by Crippen LogP contribution is -2.34. The summed E-state index contributed by atoms with van der Waals surface area (Å²) in [6, 6.07) is 6.42. The van der Waals surface area contributed by atoms with E-state index < -0.39 is 0 Å². The fourth-order valence-corrected chi connectivity index (χ4v) is 2.69. The van der Waals surface area contributed by atoms with Gasteiger partial charge in [0.2, 0.25) is 0 Å². The molecule has 2 heterocycles. The molecule has 0 aromatic carbocycles. The van der Waals surface area contributed by atoms with Crippen molar-refractivity contribution < 1.29 is 0 Å². The van der Waals surface area contributed by atoms with E-state index in [4.69, 9.17) is 0 Å². The minimum Gasteiger partial charge on any atom is -0.313 e. The molecule has 2 rings (SSSR count). The highest BCUT2D eigenvalue weighted by atomic mass is 32.2. The molecule has 0 spiro atoms. The number of nitrogens with zero attached hydrogens (tertiary/aromatic N) is 3. The standard InChI is InChI=1S/C13H20N4S/c1-4-8-14-10(2)11(3)18-13-16-15-12-7-5-6-9-17(12)13/h5-7,9-11,14H,4,8H2,1-3H3. The van der Waals surface area contributed by atoms with Crippen molar-refractivity contribution in [2.24, 2.45) is 0 Å². The van der Waals surface area contributed by atoms with Crippen LogP contribution in [-0.4, -0.2) is 32.4 Å². The fraction of sp³-hybridized carbons (Fsp3) is 0.538.